The molecular weight excluding hydrogens is 372 g/mol. The van der Waals surface area contributed by atoms with E-state index in [4.69, 9.17) is 21.1 Å². The molecule has 3 rings (SSSR count). The summed E-state index contributed by atoms with van der Waals surface area (Å²) in [4.78, 5) is 17.0. The minimum absolute atomic E-state index is 0.305. The van der Waals surface area contributed by atoms with Crippen molar-refractivity contribution < 1.29 is 14.3 Å². The second kappa shape index (κ2) is 7.76. The third-order valence-electron chi connectivity index (χ3n) is 3.80. The van der Waals surface area contributed by atoms with Crippen molar-refractivity contribution in [2.45, 2.75) is 6.92 Å². The number of thiazole rings is 1. The van der Waals surface area contributed by atoms with E-state index in [0.717, 1.165) is 21.9 Å². The van der Waals surface area contributed by atoms with Gasteiger partial charge in [-0.2, -0.15) is 0 Å². The van der Waals surface area contributed by atoms with Crippen LogP contribution >= 0.6 is 22.9 Å². The fourth-order valence-corrected chi connectivity index (χ4v) is 3.32. The minimum Gasteiger partial charge on any atom is -0.497 e. The summed E-state index contributed by atoms with van der Waals surface area (Å²) in [6.45, 7) is 1.86. The number of rotatable bonds is 5. The van der Waals surface area contributed by atoms with Crippen LogP contribution in [0.5, 0.6) is 11.5 Å². The number of carbonyl (C=O) groups excluding carboxylic acids is 1. The average Bonchev–Trinajstić information content (AvgIpc) is 3.15. The summed E-state index contributed by atoms with van der Waals surface area (Å²) in [5, 5.41) is 5.90. The normalized spacial score (nSPS) is 10.5. The summed E-state index contributed by atoms with van der Waals surface area (Å²) in [6, 6.07) is 11.0. The standard InChI is InChI=1S/C19H17ClN2O3S/c1-11-8-15(17(25-3)9-14(11)20)21-18(23)16-10-26-19(22-16)12-4-6-13(24-2)7-5-12/h4-10H,1-3H3,(H,21,23). The van der Waals surface area contributed by atoms with E-state index in [9.17, 15) is 4.79 Å². The fourth-order valence-electron chi connectivity index (χ4n) is 2.36. The van der Waals surface area contributed by atoms with E-state index in [0.29, 0.717) is 22.2 Å². The van der Waals surface area contributed by atoms with Crippen molar-refractivity contribution in [3.8, 4) is 22.1 Å². The SMILES string of the molecule is COc1ccc(-c2nc(C(=O)Nc3cc(C)c(Cl)cc3OC)cs2)cc1. The van der Waals surface area contributed by atoms with Gasteiger partial charge >= 0.3 is 0 Å². The van der Waals surface area contributed by atoms with E-state index in [2.05, 4.69) is 10.3 Å². The van der Waals surface area contributed by atoms with Crippen molar-refractivity contribution in [3.05, 3.63) is 58.1 Å². The van der Waals surface area contributed by atoms with Gasteiger partial charge in [0, 0.05) is 22.0 Å². The van der Waals surface area contributed by atoms with E-state index in [1.54, 1.807) is 24.6 Å². The molecule has 1 N–H and O–H groups in total. The minimum atomic E-state index is -0.305. The van der Waals surface area contributed by atoms with Crippen LogP contribution in [0.3, 0.4) is 0 Å². The van der Waals surface area contributed by atoms with Gasteiger partial charge in [0.2, 0.25) is 0 Å². The summed E-state index contributed by atoms with van der Waals surface area (Å²) in [6.07, 6.45) is 0. The first-order valence-electron chi connectivity index (χ1n) is 7.77. The lowest BCUT2D eigenvalue weighted by Gasteiger charge is -2.11. The summed E-state index contributed by atoms with van der Waals surface area (Å²) in [5.41, 5.74) is 2.67. The molecule has 7 heteroatoms. The Hall–Kier alpha value is -2.57. The Balaban J connectivity index is 1.81. The van der Waals surface area contributed by atoms with Gasteiger partial charge in [-0.25, -0.2) is 4.98 Å². The van der Waals surface area contributed by atoms with E-state index in [-0.39, 0.29) is 5.91 Å². The topological polar surface area (TPSA) is 60.5 Å². The molecule has 1 amide bonds. The highest BCUT2D eigenvalue weighted by Gasteiger charge is 2.15. The maximum absolute atomic E-state index is 12.5. The number of methoxy groups -OCH3 is 2. The van der Waals surface area contributed by atoms with Crippen molar-refractivity contribution in [1.82, 2.24) is 4.98 Å². The zero-order chi connectivity index (χ0) is 18.7. The van der Waals surface area contributed by atoms with Gasteiger partial charge in [-0.15, -0.1) is 11.3 Å². The predicted molar refractivity (Wildman–Crippen MR) is 105 cm³/mol. The zero-order valence-electron chi connectivity index (χ0n) is 14.5. The molecule has 0 aliphatic rings. The molecule has 0 saturated heterocycles. The molecule has 2 aromatic carbocycles. The van der Waals surface area contributed by atoms with E-state index < -0.39 is 0 Å². The number of nitrogens with zero attached hydrogens (tertiary/aromatic N) is 1. The molecule has 3 aromatic rings. The van der Waals surface area contributed by atoms with Crippen LogP contribution in [-0.4, -0.2) is 25.1 Å². The quantitative estimate of drug-likeness (QED) is 0.665. The number of benzene rings is 2. The van der Waals surface area contributed by atoms with Crippen molar-refractivity contribution in [2.24, 2.45) is 0 Å². The van der Waals surface area contributed by atoms with E-state index in [1.165, 1.54) is 18.4 Å². The molecule has 0 aliphatic heterocycles. The summed E-state index contributed by atoms with van der Waals surface area (Å²) in [5.74, 6) is 0.967. The van der Waals surface area contributed by atoms with Gasteiger partial charge in [-0.05, 0) is 42.8 Å². The number of amides is 1. The lowest BCUT2D eigenvalue weighted by atomic mass is 10.2. The third-order valence-corrected chi connectivity index (χ3v) is 5.10. The Labute approximate surface area is 160 Å². The average molecular weight is 389 g/mol. The highest BCUT2D eigenvalue weighted by atomic mass is 35.5. The molecule has 5 nitrogen and oxygen atoms in total. The van der Waals surface area contributed by atoms with Crippen molar-refractivity contribution in [1.29, 1.82) is 0 Å². The van der Waals surface area contributed by atoms with Crippen LogP contribution in [0.15, 0.2) is 41.8 Å². The molecule has 0 bridgehead atoms. The summed E-state index contributed by atoms with van der Waals surface area (Å²) >= 11 is 7.50. The largest absolute Gasteiger partial charge is 0.497 e. The predicted octanol–water partition coefficient (Wildman–Crippen LogP) is 5.04. The van der Waals surface area contributed by atoms with Crippen LogP contribution < -0.4 is 14.8 Å². The van der Waals surface area contributed by atoms with Gasteiger partial charge in [-0.1, -0.05) is 11.6 Å². The molecule has 0 fully saturated rings. The van der Waals surface area contributed by atoms with Gasteiger partial charge < -0.3 is 14.8 Å². The summed E-state index contributed by atoms with van der Waals surface area (Å²) < 4.78 is 10.4. The number of hydrogen-bond donors (Lipinski definition) is 1. The Kier molecular flexibility index (Phi) is 5.44. The maximum atomic E-state index is 12.5. The molecule has 0 atom stereocenters. The third kappa shape index (κ3) is 3.81. The number of anilines is 1. The first-order valence-corrected chi connectivity index (χ1v) is 9.03. The van der Waals surface area contributed by atoms with Crippen molar-refractivity contribution in [3.63, 3.8) is 0 Å². The number of ether oxygens (including phenoxy) is 2. The van der Waals surface area contributed by atoms with Crippen LogP contribution in [-0.2, 0) is 0 Å². The molecule has 0 spiro atoms. The van der Waals surface area contributed by atoms with Crippen LogP contribution in [0.1, 0.15) is 16.1 Å². The first-order chi connectivity index (χ1) is 12.5. The monoisotopic (exact) mass is 388 g/mol. The van der Waals surface area contributed by atoms with Gasteiger partial charge in [0.05, 0.1) is 19.9 Å². The first kappa shape index (κ1) is 18.2. The van der Waals surface area contributed by atoms with Crippen LogP contribution in [0.2, 0.25) is 5.02 Å². The highest BCUT2D eigenvalue weighted by molar-refractivity contribution is 7.13. The number of hydrogen-bond acceptors (Lipinski definition) is 5. The number of nitrogens with one attached hydrogen (secondary N) is 1. The lowest BCUT2D eigenvalue weighted by Crippen LogP contribution is -2.13. The molecule has 1 aromatic heterocycles. The molecule has 26 heavy (non-hydrogen) atoms. The van der Waals surface area contributed by atoms with E-state index in [1.807, 2.05) is 31.2 Å². The molecule has 0 saturated carbocycles. The molecule has 0 aliphatic carbocycles. The lowest BCUT2D eigenvalue weighted by molar-refractivity contribution is 0.102. The Morgan fingerprint density at radius 2 is 1.88 bits per heavy atom. The Bertz CT molecular complexity index is 938. The number of aryl methyl sites for hydroxylation is 1. The van der Waals surface area contributed by atoms with Crippen molar-refractivity contribution in [2.75, 3.05) is 19.5 Å². The molecule has 0 unspecified atom stereocenters. The van der Waals surface area contributed by atoms with Gasteiger partial charge in [0.15, 0.2) is 0 Å². The van der Waals surface area contributed by atoms with E-state index >= 15 is 0 Å². The van der Waals surface area contributed by atoms with Gasteiger partial charge in [0.25, 0.3) is 5.91 Å². The smallest absolute Gasteiger partial charge is 0.275 e. The summed E-state index contributed by atoms with van der Waals surface area (Å²) in [7, 11) is 3.15. The maximum Gasteiger partial charge on any atom is 0.275 e. The molecule has 1 heterocycles. The number of halogens is 1. The second-order valence-corrected chi connectivity index (χ2v) is 6.79. The number of aromatic nitrogens is 1. The Morgan fingerprint density at radius 3 is 2.54 bits per heavy atom. The zero-order valence-corrected chi connectivity index (χ0v) is 16.1. The molecule has 0 radical (unpaired) electrons. The highest BCUT2D eigenvalue weighted by Crippen LogP contribution is 2.32. The second-order valence-electron chi connectivity index (χ2n) is 5.52. The van der Waals surface area contributed by atoms with Gasteiger partial charge in [-0.3, -0.25) is 4.79 Å². The van der Waals surface area contributed by atoms with Crippen LogP contribution in [0, 0.1) is 6.92 Å². The number of carbonyl (C=O) groups is 1. The van der Waals surface area contributed by atoms with Crippen LogP contribution in [0.25, 0.3) is 10.6 Å². The fraction of sp³-hybridized carbons (Fsp3) is 0.158. The molecular formula is C19H17ClN2O3S. The van der Waals surface area contributed by atoms with Crippen LogP contribution in [0.4, 0.5) is 5.69 Å². The molecule has 134 valence electrons. The van der Waals surface area contributed by atoms with Crippen molar-refractivity contribution >= 4 is 34.5 Å². The van der Waals surface area contributed by atoms with Gasteiger partial charge in [0.1, 0.15) is 22.2 Å². The Morgan fingerprint density at radius 1 is 1.15 bits per heavy atom.